The maximum Gasteiger partial charge on any atom is 0.192 e. The lowest BCUT2D eigenvalue weighted by Crippen LogP contribution is -2.47. The van der Waals surface area contributed by atoms with Crippen molar-refractivity contribution in [2.75, 3.05) is 6.61 Å². The van der Waals surface area contributed by atoms with Crippen LogP contribution >= 0.6 is 0 Å². The van der Waals surface area contributed by atoms with Gasteiger partial charge < -0.3 is 9.16 Å². The van der Waals surface area contributed by atoms with E-state index in [1.54, 1.807) is 0 Å². The molecule has 0 amide bonds. The molecule has 34 heavy (non-hydrogen) atoms. The minimum atomic E-state index is -1.96. The molecule has 0 aliphatic heterocycles. The SMILES string of the molecule is CC(C)(CCCOc1ccccc1)C(/C=C/C=C/[C@]1(C)CCCCC1=O)O[Si](C)(C)C(C)(C)C. The van der Waals surface area contributed by atoms with Crippen LogP contribution in [0.1, 0.15) is 80.1 Å². The molecule has 1 aliphatic rings. The van der Waals surface area contributed by atoms with Gasteiger partial charge in [-0.25, -0.2) is 0 Å². The third-order valence-electron chi connectivity index (χ3n) is 7.82. The summed E-state index contributed by atoms with van der Waals surface area (Å²) in [5.74, 6) is 1.29. The molecule has 0 N–H and O–H groups in total. The minimum Gasteiger partial charge on any atom is -0.494 e. The molecule has 0 saturated heterocycles. The topological polar surface area (TPSA) is 35.5 Å². The van der Waals surface area contributed by atoms with Gasteiger partial charge in [0.15, 0.2) is 8.32 Å². The lowest BCUT2D eigenvalue weighted by atomic mass is 9.74. The summed E-state index contributed by atoms with van der Waals surface area (Å²) in [4.78, 5) is 12.4. The number of carbonyl (C=O) groups excluding carboxylic acids is 1. The van der Waals surface area contributed by atoms with E-state index in [-0.39, 0.29) is 22.0 Å². The summed E-state index contributed by atoms with van der Waals surface area (Å²) in [5.41, 5.74) is -0.354. The molecule has 1 saturated carbocycles. The maximum absolute atomic E-state index is 12.4. The summed E-state index contributed by atoms with van der Waals surface area (Å²) in [6, 6.07) is 10.0. The Kier molecular flexibility index (Phi) is 9.97. The first-order chi connectivity index (χ1) is 15.8. The van der Waals surface area contributed by atoms with E-state index < -0.39 is 8.32 Å². The molecule has 0 heterocycles. The van der Waals surface area contributed by atoms with Crippen molar-refractivity contribution in [3.05, 3.63) is 54.6 Å². The van der Waals surface area contributed by atoms with Gasteiger partial charge in [-0.05, 0) is 68.3 Å². The Morgan fingerprint density at radius 2 is 1.74 bits per heavy atom. The molecular weight excluding hydrogens is 436 g/mol. The van der Waals surface area contributed by atoms with E-state index >= 15 is 0 Å². The molecule has 2 rings (SSSR count). The van der Waals surface area contributed by atoms with Crippen molar-refractivity contribution in [3.8, 4) is 5.75 Å². The summed E-state index contributed by atoms with van der Waals surface area (Å²) in [6.07, 6.45) is 14.3. The summed E-state index contributed by atoms with van der Waals surface area (Å²) in [6.45, 7) is 18.9. The molecule has 1 fully saturated rings. The highest BCUT2D eigenvalue weighted by Gasteiger charge is 2.42. The minimum absolute atomic E-state index is 0.00429. The highest BCUT2D eigenvalue weighted by molar-refractivity contribution is 6.74. The molecule has 1 unspecified atom stereocenters. The third kappa shape index (κ3) is 8.23. The van der Waals surface area contributed by atoms with E-state index in [1.807, 2.05) is 30.3 Å². The Morgan fingerprint density at radius 3 is 2.35 bits per heavy atom. The lowest BCUT2D eigenvalue weighted by molar-refractivity contribution is -0.127. The average molecular weight is 485 g/mol. The predicted molar refractivity (Wildman–Crippen MR) is 147 cm³/mol. The smallest absolute Gasteiger partial charge is 0.192 e. The van der Waals surface area contributed by atoms with Crippen LogP contribution in [0.25, 0.3) is 0 Å². The van der Waals surface area contributed by atoms with E-state index in [0.29, 0.717) is 18.8 Å². The van der Waals surface area contributed by atoms with E-state index in [1.165, 1.54) is 0 Å². The molecule has 1 aliphatic carbocycles. The summed E-state index contributed by atoms with van der Waals surface area (Å²) >= 11 is 0. The van der Waals surface area contributed by atoms with Crippen LogP contribution in [0.15, 0.2) is 54.6 Å². The Bertz CT molecular complexity index is 832. The number of rotatable bonds is 11. The standard InChI is InChI=1S/C30H48O3Si/c1-28(2,3)34(7,8)33-27(20-13-15-23-30(6)22-14-12-19-26(30)31)29(4,5)21-16-24-32-25-17-10-9-11-18-25/h9-11,13,15,17-18,20,23,27H,12,14,16,19,21-22,24H2,1-8H3/b20-13+,23-15+/t27?,30-/m0/s1. The molecule has 1 aromatic rings. The number of hydrogen-bond donors (Lipinski definition) is 0. The van der Waals surface area contributed by atoms with Crippen LogP contribution < -0.4 is 4.74 Å². The summed E-state index contributed by atoms with van der Waals surface area (Å²) in [7, 11) is -1.96. The molecule has 190 valence electrons. The fourth-order valence-corrected chi connectivity index (χ4v) is 5.53. The zero-order chi connectivity index (χ0) is 25.5. The van der Waals surface area contributed by atoms with Crippen LogP contribution in [0.2, 0.25) is 18.1 Å². The van der Waals surface area contributed by atoms with Crippen LogP contribution in [0.4, 0.5) is 0 Å². The summed E-state index contributed by atoms with van der Waals surface area (Å²) < 4.78 is 12.9. The van der Waals surface area contributed by atoms with Crippen molar-refractivity contribution in [1.29, 1.82) is 0 Å². The Hall–Kier alpha value is -1.65. The zero-order valence-electron chi connectivity index (χ0n) is 22.9. The monoisotopic (exact) mass is 484 g/mol. The van der Waals surface area contributed by atoms with Crippen molar-refractivity contribution in [2.45, 2.75) is 104 Å². The number of allylic oxidation sites excluding steroid dienone is 3. The predicted octanol–water partition coefficient (Wildman–Crippen LogP) is 8.52. The fourth-order valence-electron chi connectivity index (χ4n) is 4.14. The van der Waals surface area contributed by atoms with E-state index in [9.17, 15) is 4.79 Å². The average Bonchev–Trinajstić information content (AvgIpc) is 2.75. The first-order valence-corrected chi connectivity index (χ1v) is 15.9. The molecule has 3 nitrogen and oxygen atoms in total. The fraction of sp³-hybridized carbons (Fsp3) is 0.633. The molecule has 4 heteroatoms. The molecular formula is C30H48O3Si. The van der Waals surface area contributed by atoms with Crippen LogP contribution in [0.5, 0.6) is 5.75 Å². The van der Waals surface area contributed by atoms with Crippen LogP contribution in [0.3, 0.4) is 0 Å². The third-order valence-corrected chi connectivity index (χ3v) is 12.3. The van der Waals surface area contributed by atoms with Gasteiger partial charge in [-0.2, -0.15) is 0 Å². The highest BCUT2D eigenvalue weighted by atomic mass is 28.4. The number of benzene rings is 1. The van der Waals surface area contributed by atoms with E-state index in [0.717, 1.165) is 37.9 Å². The van der Waals surface area contributed by atoms with Gasteiger partial charge in [-0.15, -0.1) is 0 Å². The van der Waals surface area contributed by atoms with Gasteiger partial charge in [0.25, 0.3) is 0 Å². The van der Waals surface area contributed by atoms with Crippen molar-refractivity contribution < 1.29 is 14.0 Å². The quantitative estimate of drug-likeness (QED) is 0.179. The number of ketones is 1. The van der Waals surface area contributed by atoms with Crippen molar-refractivity contribution in [1.82, 2.24) is 0 Å². The van der Waals surface area contributed by atoms with Crippen LogP contribution in [0, 0.1) is 10.8 Å². The van der Waals surface area contributed by atoms with E-state index in [4.69, 9.17) is 9.16 Å². The first-order valence-electron chi connectivity index (χ1n) is 13.0. The second-order valence-corrected chi connectivity index (χ2v) is 17.1. The van der Waals surface area contributed by atoms with Crippen molar-refractivity contribution in [2.24, 2.45) is 10.8 Å². The number of hydrogen-bond acceptors (Lipinski definition) is 3. The summed E-state index contributed by atoms with van der Waals surface area (Å²) in [5, 5.41) is 0.142. The second kappa shape index (κ2) is 11.9. The van der Waals surface area contributed by atoms with Gasteiger partial charge in [-0.1, -0.05) is 83.5 Å². The van der Waals surface area contributed by atoms with Gasteiger partial charge in [0.1, 0.15) is 11.5 Å². The molecule has 2 atom stereocenters. The number of Topliss-reactive ketones (excluding diaryl/α,β-unsaturated/α-hetero) is 1. The van der Waals surface area contributed by atoms with Crippen molar-refractivity contribution in [3.63, 3.8) is 0 Å². The molecule has 0 bridgehead atoms. The molecule has 1 aromatic carbocycles. The van der Waals surface area contributed by atoms with Crippen molar-refractivity contribution >= 4 is 14.1 Å². The van der Waals surface area contributed by atoms with Gasteiger partial charge in [-0.3, -0.25) is 4.79 Å². The maximum atomic E-state index is 12.4. The number of carbonyl (C=O) groups is 1. The van der Waals surface area contributed by atoms with Gasteiger partial charge >= 0.3 is 0 Å². The molecule has 0 radical (unpaired) electrons. The van der Waals surface area contributed by atoms with Crippen LogP contribution in [-0.4, -0.2) is 26.8 Å². The van der Waals surface area contributed by atoms with E-state index in [2.05, 4.69) is 78.9 Å². The Morgan fingerprint density at radius 1 is 1.06 bits per heavy atom. The van der Waals surface area contributed by atoms with Gasteiger partial charge in [0, 0.05) is 11.8 Å². The highest BCUT2D eigenvalue weighted by Crippen LogP contribution is 2.41. The van der Waals surface area contributed by atoms with Gasteiger partial charge in [0.05, 0.1) is 12.7 Å². The normalized spacial score (nSPS) is 21.4. The van der Waals surface area contributed by atoms with Crippen LogP contribution in [-0.2, 0) is 9.22 Å². The molecule has 0 spiro atoms. The number of para-hydroxylation sites is 1. The Balaban J connectivity index is 2.09. The second-order valence-electron chi connectivity index (χ2n) is 12.3. The zero-order valence-corrected chi connectivity index (χ0v) is 23.9. The largest absolute Gasteiger partial charge is 0.494 e. The first kappa shape index (κ1) is 28.6. The Labute approximate surface area is 210 Å². The molecule has 0 aromatic heterocycles. The number of ether oxygens (including phenoxy) is 1. The lowest BCUT2D eigenvalue weighted by Gasteiger charge is -2.43. The van der Waals surface area contributed by atoms with Gasteiger partial charge in [0.2, 0.25) is 0 Å².